The zero-order valence-electron chi connectivity index (χ0n) is 6.26. The molecule has 0 aliphatic carbocycles. The zero-order chi connectivity index (χ0) is 7.98. The highest BCUT2D eigenvalue weighted by Crippen LogP contribution is 1.91. The zero-order valence-corrected chi connectivity index (χ0v) is 6.26. The molecule has 0 unspecified atom stereocenters. The maximum atomic E-state index is 10.7. The van der Waals surface area contributed by atoms with Crippen molar-refractivity contribution in [3.63, 3.8) is 0 Å². The Bertz CT molecular complexity index is 105. The second-order valence-corrected chi connectivity index (χ2v) is 2.15. The molecule has 0 aromatic carbocycles. The van der Waals surface area contributed by atoms with Crippen LogP contribution in [0.15, 0.2) is 0 Å². The van der Waals surface area contributed by atoms with Crippen molar-refractivity contribution in [1.29, 1.82) is 0 Å². The first-order chi connectivity index (χ1) is 4.72. The van der Waals surface area contributed by atoms with Gasteiger partial charge in [0.05, 0.1) is 6.04 Å². The molecule has 0 aromatic rings. The van der Waals surface area contributed by atoms with Crippen molar-refractivity contribution in [2.45, 2.75) is 18.9 Å². The SMILES string of the molecule is CNC(=O)[C@@H](N)CCCN. The summed E-state index contributed by atoms with van der Waals surface area (Å²) in [4.78, 5) is 10.7. The molecule has 0 aliphatic rings. The van der Waals surface area contributed by atoms with Gasteiger partial charge in [0, 0.05) is 7.05 Å². The molecule has 0 spiro atoms. The fourth-order valence-electron chi connectivity index (χ4n) is 0.654. The molecule has 0 fully saturated rings. The number of hydrogen-bond donors (Lipinski definition) is 3. The van der Waals surface area contributed by atoms with Gasteiger partial charge >= 0.3 is 0 Å². The first kappa shape index (κ1) is 9.39. The van der Waals surface area contributed by atoms with Gasteiger partial charge in [-0.2, -0.15) is 0 Å². The number of hydrogen-bond acceptors (Lipinski definition) is 3. The Morgan fingerprint density at radius 1 is 1.70 bits per heavy atom. The van der Waals surface area contributed by atoms with Crippen LogP contribution in [0.4, 0.5) is 0 Å². The average molecular weight is 145 g/mol. The predicted molar refractivity (Wildman–Crippen MR) is 40.3 cm³/mol. The molecule has 0 saturated carbocycles. The van der Waals surface area contributed by atoms with Crippen molar-refractivity contribution in [2.75, 3.05) is 13.6 Å². The molecule has 4 nitrogen and oxygen atoms in total. The fraction of sp³-hybridized carbons (Fsp3) is 0.833. The molecule has 0 bridgehead atoms. The summed E-state index contributed by atoms with van der Waals surface area (Å²) < 4.78 is 0. The smallest absolute Gasteiger partial charge is 0.236 e. The van der Waals surface area contributed by atoms with Gasteiger partial charge in [-0.3, -0.25) is 4.79 Å². The molecule has 60 valence electrons. The molecule has 4 heteroatoms. The largest absolute Gasteiger partial charge is 0.358 e. The fourth-order valence-corrected chi connectivity index (χ4v) is 0.654. The van der Waals surface area contributed by atoms with Gasteiger partial charge in [-0.1, -0.05) is 0 Å². The van der Waals surface area contributed by atoms with Gasteiger partial charge in [-0.05, 0) is 19.4 Å². The summed E-state index contributed by atoms with van der Waals surface area (Å²) in [7, 11) is 1.57. The van der Waals surface area contributed by atoms with Gasteiger partial charge in [-0.15, -0.1) is 0 Å². The summed E-state index contributed by atoms with van der Waals surface area (Å²) >= 11 is 0. The van der Waals surface area contributed by atoms with Crippen LogP contribution in [0.3, 0.4) is 0 Å². The van der Waals surface area contributed by atoms with Gasteiger partial charge in [0.25, 0.3) is 0 Å². The molecular formula is C6H15N3O. The van der Waals surface area contributed by atoms with Crippen LogP contribution in [0.25, 0.3) is 0 Å². The minimum absolute atomic E-state index is 0.117. The molecule has 0 heterocycles. The second-order valence-electron chi connectivity index (χ2n) is 2.15. The average Bonchev–Trinajstić information content (AvgIpc) is 1.98. The second kappa shape index (κ2) is 5.20. The van der Waals surface area contributed by atoms with Crippen LogP contribution in [0.2, 0.25) is 0 Å². The van der Waals surface area contributed by atoms with Crippen LogP contribution >= 0.6 is 0 Å². The quantitative estimate of drug-likeness (QED) is 0.464. The van der Waals surface area contributed by atoms with Crippen molar-refractivity contribution in [2.24, 2.45) is 11.5 Å². The predicted octanol–water partition coefficient (Wildman–Crippen LogP) is -1.20. The lowest BCUT2D eigenvalue weighted by atomic mass is 10.1. The van der Waals surface area contributed by atoms with Crippen molar-refractivity contribution in [1.82, 2.24) is 5.32 Å². The number of likely N-dealkylation sites (N-methyl/N-ethyl adjacent to an activating group) is 1. The maximum absolute atomic E-state index is 10.7. The van der Waals surface area contributed by atoms with E-state index >= 15 is 0 Å². The minimum Gasteiger partial charge on any atom is -0.358 e. The van der Waals surface area contributed by atoms with E-state index in [1.807, 2.05) is 0 Å². The van der Waals surface area contributed by atoms with Gasteiger partial charge in [0.1, 0.15) is 0 Å². The number of nitrogens with one attached hydrogen (secondary N) is 1. The molecule has 0 aromatic heterocycles. The monoisotopic (exact) mass is 145 g/mol. The van der Waals surface area contributed by atoms with E-state index in [0.717, 1.165) is 6.42 Å². The molecule has 1 amide bonds. The number of rotatable bonds is 4. The van der Waals surface area contributed by atoms with E-state index < -0.39 is 6.04 Å². The Hall–Kier alpha value is -0.610. The highest BCUT2D eigenvalue weighted by atomic mass is 16.2. The first-order valence-electron chi connectivity index (χ1n) is 3.39. The van der Waals surface area contributed by atoms with Gasteiger partial charge < -0.3 is 16.8 Å². The Labute approximate surface area is 61.0 Å². The van der Waals surface area contributed by atoms with Crippen LogP contribution in [0.1, 0.15) is 12.8 Å². The summed E-state index contributed by atoms with van der Waals surface area (Å²) in [6, 6.07) is -0.395. The van der Waals surface area contributed by atoms with Crippen LogP contribution in [0, 0.1) is 0 Å². The van der Waals surface area contributed by atoms with E-state index in [9.17, 15) is 4.79 Å². The van der Waals surface area contributed by atoms with Crippen LogP contribution in [0.5, 0.6) is 0 Å². The molecular weight excluding hydrogens is 130 g/mol. The molecule has 1 atom stereocenters. The lowest BCUT2D eigenvalue weighted by molar-refractivity contribution is -0.122. The maximum Gasteiger partial charge on any atom is 0.236 e. The normalized spacial score (nSPS) is 12.7. The number of amides is 1. The van der Waals surface area contributed by atoms with E-state index in [4.69, 9.17) is 11.5 Å². The van der Waals surface area contributed by atoms with Crippen LogP contribution in [-0.2, 0) is 4.79 Å². The summed E-state index contributed by atoms with van der Waals surface area (Å²) in [5.41, 5.74) is 10.7. The van der Waals surface area contributed by atoms with E-state index in [1.165, 1.54) is 0 Å². The number of nitrogens with two attached hydrogens (primary N) is 2. The van der Waals surface area contributed by atoms with Gasteiger partial charge in [0.2, 0.25) is 5.91 Å². The first-order valence-corrected chi connectivity index (χ1v) is 3.39. The van der Waals surface area contributed by atoms with Crippen molar-refractivity contribution >= 4 is 5.91 Å². The third-order valence-electron chi connectivity index (χ3n) is 1.30. The molecule has 0 aliphatic heterocycles. The Kier molecular flexibility index (Phi) is 4.88. The van der Waals surface area contributed by atoms with E-state index in [0.29, 0.717) is 13.0 Å². The van der Waals surface area contributed by atoms with E-state index in [2.05, 4.69) is 5.32 Å². The van der Waals surface area contributed by atoms with Crippen molar-refractivity contribution in [3.05, 3.63) is 0 Å². The van der Waals surface area contributed by atoms with Gasteiger partial charge in [0.15, 0.2) is 0 Å². The van der Waals surface area contributed by atoms with E-state index in [-0.39, 0.29) is 5.91 Å². The molecule has 5 N–H and O–H groups in total. The molecule has 0 saturated heterocycles. The summed E-state index contributed by atoms with van der Waals surface area (Å²) in [6.45, 7) is 0.588. The van der Waals surface area contributed by atoms with Crippen LogP contribution in [-0.4, -0.2) is 25.5 Å². The molecule has 0 rings (SSSR count). The topological polar surface area (TPSA) is 81.1 Å². The third-order valence-corrected chi connectivity index (χ3v) is 1.30. The van der Waals surface area contributed by atoms with Crippen molar-refractivity contribution in [3.8, 4) is 0 Å². The number of carbonyl (C=O) groups is 1. The standard InChI is InChI=1S/C6H15N3O/c1-9-6(10)5(8)3-2-4-7/h5H,2-4,7-8H2,1H3,(H,9,10)/t5-/m0/s1. The van der Waals surface area contributed by atoms with Gasteiger partial charge in [-0.25, -0.2) is 0 Å². The van der Waals surface area contributed by atoms with E-state index in [1.54, 1.807) is 7.05 Å². The highest BCUT2D eigenvalue weighted by Gasteiger charge is 2.09. The summed E-state index contributed by atoms with van der Waals surface area (Å²) in [6.07, 6.45) is 1.46. The Morgan fingerprint density at radius 2 is 2.30 bits per heavy atom. The molecule has 10 heavy (non-hydrogen) atoms. The minimum atomic E-state index is -0.395. The number of carbonyl (C=O) groups excluding carboxylic acids is 1. The molecule has 0 radical (unpaired) electrons. The lowest BCUT2D eigenvalue weighted by Gasteiger charge is -2.07. The summed E-state index contributed by atoms with van der Waals surface area (Å²) in [5.74, 6) is -0.117. The van der Waals surface area contributed by atoms with Crippen molar-refractivity contribution < 1.29 is 4.79 Å². The Morgan fingerprint density at radius 3 is 2.70 bits per heavy atom. The highest BCUT2D eigenvalue weighted by molar-refractivity contribution is 5.81. The third kappa shape index (κ3) is 3.42. The Balaban J connectivity index is 3.41. The summed E-state index contributed by atoms with van der Waals surface area (Å²) in [5, 5.41) is 2.47. The lowest BCUT2D eigenvalue weighted by Crippen LogP contribution is -2.38. The van der Waals surface area contributed by atoms with Crippen LogP contribution < -0.4 is 16.8 Å².